The smallest absolute Gasteiger partial charge is 0.657 e. The van der Waals surface area contributed by atoms with E-state index >= 15 is 0 Å². The van der Waals surface area contributed by atoms with E-state index in [2.05, 4.69) is 23.7 Å². The Labute approximate surface area is 206 Å². The van der Waals surface area contributed by atoms with Gasteiger partial charge in [-0.1, -0.05) is 19.1 Å². The number of hydrogen-bond donors (Lipinski definition) is 0. The Morgan fingerprint density at radius 2 is 2.19 bits per heavy atom. The van der Waals surface area contributed by atoms with Crippen molar-refractivity contribution in [2.75, 3.05) is 26.4 Å². The summed E-state index contributed by atoms with van der Waals surface area (Å²) < 4.78 is 10.9. The molecule has 2 aromatic rings. The zero-order valence-corrected chi connectivity index (χ0v) is 20.9. The van der Waals surface area contributed by atoms with Gasteiger partial charge in [0.1, 0.15) is 0 Å². The van der Waals surface area contributed by atoms with Gasteiger partial charge in [0.25, 0.3) is 0 Å². The van der Waals surface area contributed by atoms with Crippen LogP contribution in [0.3, 0.4) is 0 Å². The first-order valence-corrected chi connectivity index (χ1v) is 9.46. The van der Waals surface area contributed by atoms with E-state index < -0.39 is 0 Å². The van der Waals surface area contributed by atoms with Crippen molar-refractivity contribution in [1.29, 1.82) is 0 Å². The first-order chi connectivity index (χ1) is 12.2. The molecule has 1 saturated heterocycles. The molecule has 2 aliphatic heterocycles. The Bertz CT molecular complexity index is 753. The number of amides is 1. The number of rotatable bonds is 4. The van der Waals surface area contributed by atoms with Gasteiger partial charge in [0, 0.05) is 30.3 Å². The van der Waals surface area contributed by atoms with Crippen LogP contribution in [-0.4, -0.2) is 43.3 Å². The normalized spacial score (nSPS) is 19.7. The number of benzene rings is 1. The summed E-state index contributed by atoms with van der Waals surface area (Å²) in [5.74, 6) is 1.76. The Balaban J connectivity index is 0.00000196. The molecule has 2 atom stereocenters. The van der Waals surface area contributed by atoms with E-state index in [1.54, 1.807) is 11.3 Å². The quantitative estimate of drug-likeness (QED) is 0.697. The van der Waals surface area contributed by atoms with Gasteiger partial charge in [-0.3, -0.25) is 4.79 Å². The van der Waals surface area contributed by atoms with Crippen molar-refractivity contribution in [3.05, 3.63) is 51.5 Å². The van der Waals surface area contributed by atoms with Gasteiger partial charge in [-0.25, -0.2) is 0 Å². The third kappa shape index (κ3) is 4.59. The molecule has 0 bridgehead atoms. The SMILES string of the molecule is CC1CN(C(=O)CC(c2ccc3c(c2)OCO3)c2cccs2)CC[N-]1.[Rb+]. The van der Waals surface area contributed by atoms with Crippen LogP contribution in [0.5, 0.6) is 11.5 Å². The van der Waals surface area contributed by atoms with Crippen LogP contribution in [0, 0.1) is 0 Å². The number of carbonyl (C=O) groups is 1. The van der Waals surface area contributed by atoms with Crippen molar-refractivity contribution < 1.29 is 72.5 Å². The summed E-state index contributed by atoms with van der Waals surface area (Å²) in [6, 6.07) is 10.3. The zero-order chi connectivity index (χ0) is 17.2. The van der Waals surface area contributed by atoms with Gasteiger partial charge in [0.2, 0.25) is 12.7 Å². The van der Waals surface area contributed by atoms with Crippen molar-refractivity contribution >= 4 is 17.2 Å². The second-order valence-electron chi connectivity index (χ2n) is 6.48. The van der Waals surface area contributed by atoms with Gasteiger partial charge in [-0.05, 0) is 29.1 Å². The fourth-order valence-corrected chi connectivity index (χ4v) is 4.25. The van der Waals surface area contributed by atoms with Crippen LogP contribution in [0.15, 0.2) is 35.7 Å². The minimum atomic E-state index is 0. The van der Waals surface area contributed by atoms with Crippen LogP contribution in [0.4, 0.5) is 0 Å². The predicted molar refractivity (Wildman–Crippen MR) is 97.6 cm³/mol. The number of piperazine rings is 1. The number of nitrogens with zero attached hydrogens (tertiary/aromatic N) is 2. The maximum atomic E-state index is 12.9. The largest absolute Gasteiger partial charge is 1.00 e. The topological polar surface area (TPSA) is 52.9 Å². The first kappa shape index (κ1) is 20.5. The van der Waals surface area contributed by atoms with Crippen molar-refractivity contribution in [3.63, 3.8) is 0 Å². The summed E-state index contributed by atoms with van der Waals surface area (Å²) in [6.07, 6.45) is 0.465. The Morgan fingerprint density at radius 1 is 1.35 bits per heavy atom. The minimum absolute atomic E-state index is 0. The summed E-state index contributed by atoms with van der Waals surface area (Å²) in [5.41, 5.74) is 1.09. The monoisotopic (exact) mass is 442 g/mol. The molecule has 1 aromatic heterocycles. The standard InChI is InChI=1S/C19H21N2O3S.Rb/c1-13-11-21(7-6-20-13)19(22)10-15(18-3-2-8-25-18)14-4-5-16-17(9-14)24-12-23-16;/h2-5,8-9,13,15H,6-7,10-12H2,1H3;/q-1;+1. The molecule has 26 heavy (non-hydrogen) atoms. The summed E-state index contributed by atoms with van der Waals surface area (Å²) in [4.78, 5) is 16.0. The molecule has 0 N–H and O–H groups in total. The maximum Gasteiger partial charge on any atom is 1.00 e. The number of hydrogen-bond acceptors (Lipinski definition) is 4. The molecular formula is C19H21N2O3RbS. The van der Waals surface area contributed by atoms with Crippen LogP contribution < -0.4 is 67.7 Å². The summed E-state index contributed by atoms with van der Waals surface area (Å²) in [7, 11) is 0. The van der Waals surface area contributed by atoms with Crippen LogP contribution >= 0.6 is 11.3 Å². The van der Waals surface area contributed by atoms with Crippen LogP contribution in [0.1, 0.15) is 29.7 Å². The van der Waals surface area contributed by atoms with Crippen LogP contribution in [0.2, 0.25) is 0 Å². The zero-order valence-electron chi connectivity index (χ0n) is 15.2. The molecule has 132 valence electrons. The second kappa shape index (κ2) is 9.30. The van der Waals surface area contributed by atoms with E-state index in [4.69, 9.17) is 9.47 Å². The van der Waals surface area contributed by atoms with Crippen molar-refractivity contribution in [3.8, 4) is 11.5 Å². The Kier molecular flexibility index (Phi) is 7.33. The molecule has 5 nitrogen and oxygen atoms in total. The van der Waals surface area contributed by atoms with E-state index in [-0.39, 0.29) is 82.8 Å². The first-order valence-electron chi connectivity index (χ1n) is 8.58. The van der Waals surface area contributed by atoms with Crippen molar-refractivity contribution in [1.82, 2.24) is 4.90 Å². The Hall–Kier alpha value is -0.245. The molecule has 2 unspecified atom stereocenters. The number of thiophene rings is 1. The van der Waals surface area contributed by atoms with Gasteiger partial charge in [0.15, 0.2) is 11.5 Å². The van der Waals surface area contributed by atoms with Crippen LogP contribution in [-0.2, 0) is 4.79 Å². The fourth-order valence-electron chi connectivity index (χ4n) is 3.40. The van der Waals surface area contributed by atoms with Crippen molar-refractivity contribution in [2.24, 2.45) is 0 Å². The molecule has 1 fully saturated rings. The molecule has 0 spiro atoms. The summed E-state index contributed by atoms with van der Waals surface area (Å²) in [6.45, 7) is 4.50. The van der Waals surface area contributed by atoms with Gasteiger partial charge in [-0.2, -0.15) is 0 Å². The summed E-state index contributed by atoms with van der Waals surface area (Å²) in [5, 5.41) is 6.52. The van der Waals surface area contributed by atoms with E-state index in [9.17, 15) is 4.79 Å². The third-order valence-electron chi connectivity index (χ3n) is 4.71. The molecule has 0 saturated carbocycles. The minimum Gasteiger partial charge on any atom is -0.657 e. The molecule has 7 heteroatoms. The average Bonchev–Trinajstić information content (AvgIpc) is 3.30. The van der Waals surface area contributed by atoms with Gasteiger partial charge < -0.3 is 19.7 Å². The molecule has 3 heterocycles. The predicted octanol–water partition coefficient (Wildman–Crippen LogP) is 0.607. The van der Waals surface area contributed by atoms with E-state index in [0.29, 0.717) is 6.42 Å². The fraction of sp³-hybridized carbons (Fsp3) is 0.421. The Morgan fingerprint density at radius 3 is 2.96 bits per heavy atom. The van der Waals surface area contributed by atoms with Crippen molar-refractivity contribution in [2.45, 2.75) is 25.3 Å². The van der Waals surface area contributed by atoms with E-state index in [0.717, 1.165) is 36.7 Å². The molecule has 4 rings (SSSR count). The van der Waals surface area contributed by atoms with Crippen LogP contribution in [0.25, 0.3) is 5.32 Å². The third-order valence-corrected chi connectivity index (χ3v) is 5.70. The molecule has 0 radical (unpaired) electrons. The second-order valence-corrected chi connectivity index (χ2v) is 7.46. The number of ether oxygens (including phenoxy) is 2. The van der Waals surface area contributed by atoms with E-state index in [1.807, 2.05) is 29.2 Å². The van der Waals surface area contributed by atoms with E-state index in [1.165, 1.54) is 4.88 Å². The molecule has 2 aliphatic rings. The molecule has 1 amide bonds. The van der Waals surface area contributed by atoms with Gasteiger partial charge >= 0.3 is 58.2 Å². The number of carbonyl (C=O) groups excluding carboxylic acids is 1. The molecule has 0 aliphatic carbocycles. The molecule has 1 aromatic carbocycles. The number of fused-ring (bicyclic) bond motifs is 1. The summed E-state index contributed by atoms with van der Waals surface area (Å²) >= 11 is 1.69. The average molecular weight is 443 g/mol. The van der Waals surface area contributed by atoms with Gasteiger partial charge in [0.05, 0.1) is 0 Å². The van der Waals surface area contributed by atoms with Gasteiger partial charge in [-0.15, -0.1) is 23.9 Å². The maximum absolute atomic E-state index is 12.9. The molecular weight excluding hydrogens is 422 g/mol.